The average Bonchev–Trinajstić information content (AvgIpc) is 2.79. The number of carbonyl (C=O) groups excluding carboxylic acids is 2. The average molecular weight is 531 g/mol. The molecule has 3 rings (SSSR count). The Morgan fingerprint density at radius 1 is 1.03 bits per heavy atom. The summed E-state index contributed by atoms with van der Waals surface area (Å²) in [5, 5.41) is 0. The first-order valence-electron chi connectivity index (χ1n) is 12.2. The minimum absolute atomic E-state index is 0.191. The van der Waals surface area contributed by atoms with Gasteiger partial charge in [-0.1, -0.05) is 46.3 Å². The van der Waals surface area contributed by atoms with Gasteiger partial charge >= 0.3 is 12.1 Å². The number of amides is 1. The molecule has 1 aliphatic heterocycles. The van der Waals surface area contributed by atoms with E-state index in [0.29, 0.717) is 18.1 Å². The Kier molecular flexibility index (Phi) is 9.17. The molecule has 1 amide bonds. The van der Waals surface area contributed by atoms with Crippen LogP contribution in [0.5, 0.6) is 0 Å². The highest BCUT2D eigenvalue weighted by Crippen LogP contribution is 2.25. The van der Waals surface area contributed by atoms with Crippen LogP contribution in [0.15, 0.2) is 46.9 Å². The lowest BCUT2D eigenvalue weighted by atomic mass is 9.90. The Hall–Kier alpha value is -2.34. The number of nitrogens with zero attached hydrogens (tertiary/aromatic N) is 1. The van der Waals surface area contributed by atoms with E-state index in [4.69, 9.17) is 9.47 Å². The third-order valence-electron chi connectivity index (χ3n) is 6.09. The van der Waals surface area contributed by atoms with Crippen molar-refractivity contribution in [2.45, 2.75) is 65.4 Å². The van der Waals surface area contributed by atoms with Gasteiger partial charge in [0.05, 0.1) is 12.2 Å². The van der Waals surface area contributed by atoms with E-state index < -0.39 is 5.60 Å². The molecule has 0 spiro atoms. The second kappa shape index (κ2) is 11.9. The Labute approximate surface area is 211 Å². The first-order valence-corrected chi connectivity index (χ1v) is 12.9. The molecule has 34 heavy (non-hydrogen) atoms. The number of likely N-dealkylation sites (tertiary alicyclic amines) is 1. The lowest BCUT2D eigenvalue weighted by Crippen LogP contribution is -2.41. The Morgan fingerprint density at radius 2 is 1.68 bits per heavy atom. The lowest BCUT2D eigenvalue weighted by Gasteiger charge is -2.33. The second-order valence-corrected chi connectivity index (χ2v) is 10.8. The van der Waals surface area contributed by atoms with Gasteiger partial charge in [0, 0.05) is 17.6 Å². The number of hydrogen-bond acceptors (Lipinski definition) is 4. The molecule has 0 N–H and O–H groups in total. The summed E-state index contributed by atoms with van der Waals surface area (Å²) >= 11 is 3.59. The quantitative estimate of drug-likeness (QED) is 0.370. The van der Waals surface area contributed by atoms with E-state index in [1.807, 2.05) is 43.9 Å². The standard InChI is InChI=1S/C28H36BrNO4/c1-5-33-26(31)24-13-12-23(25(29)19-24)18-22-10-8-20(9-11-22)6-7-21-14-16-30(17-15-21)27(32)34-28(2,3)4/h8-13,19,21H,5-7,14-18H2,1-4H3. The van der Waals surface area contributed by atoms with Crippen LogP contribution in [0.4, 0.5) is 4.79 Å². The zero-order valence-corrected chi connectivity index (χ0v) is 22.3. The van der Waals surface area contributed by atoms with Crippen LogP contribution in [0, 0.1) is 5.92 Å². The minimum atomic E-state index is -0.442. The van der Waals surface area contributed by atoms with Gasteiger partial charge in [-0.2, -0.15) is 0 Å². The van der Waals surface area contributed by atoms with E-state index in [2.05, 4.69) is 40.2 Å². The molecule has 1 fully saturated rings. The van der Waals surface area contributed by atoms with Crippen LogP contribution in [0.25, 0.3) is 0 Å². The van der Waals surface area contributed by atoms with Crippen LogP contribution < -0.4 is 0 Å². The molecule has 0 radical (unpaired) electrons. The summed E-state index contributed by atoms with van der Waals surface area (Å²) in [5.41, 5.74) is 3.83. The summed E-state index contributed by atoms with van der Waals surface area (Å²) in [6.07, 6.45) is 4.87. The van der Waals surface area contributed by atoms with Gasteiger partial charge in [0.25, 0.3) is 0 Å². The van der Waals surface area contributed by atoms with Crippen molar-refractivity contribution in [2.24, 2.45) is 5.92 Å². The monoisotopic (exact) mass is 529 g/mol. The third kappa shape index (κ3) is 7.86. The fourth-order valence-corrected chi connectivity index (χ4v) is 4.70. The SMILES string of the molecule is CCOC(=O)c1ccc(Cc2ccc(CCC3CCN(C(=O)OC(C)(C)C)CC3)cc2)c(Br)c1. The van der Waals surface area contributed by atoms with Gasteiger partial charge < -0.3 is 14.4 Å². The first-order chi connectivity index (χ1) is 16.1. The smallest absolute Gasteiger partial charge is 0.410 e. The Morgan fingerprint density at radius 3 is 2.26 bits per heavy atom. The Bertz CT molecular complexity index is 973. The number of rotatable bonds is 7. The molecule has 0 atom stereocenters. The molecule has 184 valence electrons. The van der Waals surface area contributed by atoms with E-state index in [1.54, 1.807) is 6.92 Å². The number of aryl methyl sites for hydroxylation is 1. The molecule has 2 aromatic rings. The summed E-state index contributed by atoms with van der Waals surface area (Å²) < 4.78 is 11.5. The van der Waals surface area contributed by atoms with E-state index in [0.717, 1.165) is 55.2 Å². The predicted octanol–water partition coefficient (Wildman–Crippen LogP) is 6.80. The molecule has 0 aliphatic carbocycles. The molecular formula is C28H36BrNO4. The van der Waals surface area contributed by atoms with Crippen LogP contribution >= 0.6 is 15.9 Å². The van der Waals surface area contributed by atoms with Crippen LogP contribution in [0.3, 0.4) is 0 Å². The number of carbonyl (C=O) groups is 2. The summed E-state index contributed by atoms with van der Waals surface area (Å²) in [7, 11) is 0. The number of benzene rings is 2. The van der Waals surface area contributed by atoms with E-state index in [-0.39, 0.29) is 12.1 Å². The summed E-state index contributed by atoms with van der Waals surface area (Å²) in [4.78, 5) is 26.0. The molecule has 0 bridgehead atoms. The maximum atomic E-state index is 12.2. The van der Waals surface area contributed by atoms with E-state index in [9.17, 15) is 9.59 Å². The van der Waals surface area contributed by atoms with Crippen molar-refractivity contribution < 1.29 is 19.1 Å². The molecule has 0 aromatic heterocycles. The fourth-order valence-electron chi connectivity index (χ4n) is 4.18. The molecule has 1 aliphatic rings. The van der Waals surface area contributed by atoms with Gasteiger partial charge in [-0.05, 0) is 94.5 Å². The number of halogens is 1. The van der Waals surface area contributed by atoms with Crippen LogP contribution in [0.1, 0.15) is 74.0 Å². The number of ether oxygens (including phenoxy) is 2. The number of piperidine rings is 1. The topological polar surface area (TPSA) is 55.8 Å². The molecule has 5 nitrogen and oxygen atoms in total. The molecular weight excluding hydrogens is 494 g/mol. The van der Waals surface area contributed by atoms with Crippen LogP contribution in [-0.2, 0) is 22.3 Å². The minimum Gasteiger partial charge on any atom is -0.462 e. The second-order valence-electron chi connectivity index (χ2n) is 9.97. The van der Waals surface area contributed by atoms with Gasteiger partial charge in [0.2, 0.25) is 0 Å². The van der Waals surface area contributed by atoms with Crippen molar-refractivity contribution in [2.75, 3.05) is 19.7 Å². The van der Waals surface area contributed by atoms with Crippen molar-refractivity contribution in [3.63, 3.8) is 0 Å². The normalized spacial score (nSPS) is 14.7. The molecule has 1 heterocycles. The predicted molar refractivity (Wildman–Crippen MR) is 138 cm³/mol. The molecule has 6 heteroatoms. The van der Waals surface area contributed by atoms with E-state index in [1.165, 1.54) is 11.1 Å². The summed E-state index contributed by atoms with van der Waals surface area (Å²) in [6, 6.07) is 14.4. The molecule has 2 aromatic carbocycles. The summed E-state index contributed by atoms with van der Waals surface area (Å²) in [6.45, 7) is 9.46. The highest BCUT2D eigenvalue weighted by atomic mass is 79.9. The summed E-state index contributed by atoms with van der Waals surface area (Å²) in [5.74, 6) is 0.349. The number of hydrogen-bond donors (Lipinski definition) is 0. The van der Waals surface area contributed by atoms with Crippen molar-refractivity contribution in [3.05, 3.63) is 69.2 Å². The van der Waals surface area contributed by atoms with Gasteiger partial charge in [-0.15, -0.1) is 0 Å². The van der Waals surface area contributed by atoms with Gasteiger partial charge in [0.1, 0.15) is 5.60 Å². The highest BCUT2D eigenvalue weighted by molar-refractivity contribution is 9.10. The zero-order chi connectivity index (χ0) is 24.7. The highest BCUT2D eigenvalue weighted by Gasteiger charge is 2.26. The largest absolute Gasteiger partial charge is 0.462 e. The Balaban J connectivity index is 1.46. The van der Waals surface area contributed by atoms with Gasteiger partial charge in [0.15, 0.2) is 0 Å². The maximum absolute atomic E-state index is 12.2. The van der Waals surface area contributed by atoms with Crippen LogP contribution in [-0.4, -0.2) is 42.3 Å². The molecule has 1 saturated heterocycles. The van der Waals surface area contributed by atoms with Gasteiger partial charge in [-0.25, -0.2) is 9.59 Å². The van der Waals surface area contributed by atoms with Gasteiger partial charge in [-0.3, -0.25) is 0 Å². The zero-order valence-electron chi connectivity index (χ0n) is 20.7. The van der Waals surface area contributed by atoms with Crippen molar-refractivity contribution in [3.8, 4) is 0 Å². The molecule has 0 saturated carbocycles. The van der Waals surface area contributed by atoms with Crippen molar-refractivity contribution in [1.29, 1.82) is 0 Å². The molecule has 0 unspecified atom stereocenters. The fraction of sp³-hybridized carbons (Fsp3) is 0.500. The maximum Gasteiger partial charge on any atom is 0.410 e. The lowest BCUT2D eigenvalue weighted by molar-refractivity contribution is 0.0181. The van der Waals surface area contributed by atoms with E-state index >= 15 is 0 Å². The van der Waals surface area contributed by atoms with Crippen molar-refractivity contribution in [1.82, 2.24) is 4.90 Å². The van der Waals surface area contributed by atoms with Crippen molar-refractivity contribution >= 4 is 28.0 Å². The first kappa shape index (κ1) is 26.3. The van der Waals surface area contributed by atoms with Crippen LogP contribution in [0.2, 0.25) is 0 Å². The third-order valence-corrected chi connectivity index (χ3v) is 6.83. The number of esters is 1.